The average Bonchev–Trinajstić information content (AvgIpc) is 2.71. The number of nitrogens with one attached hydrogen (secondary N) is 1. The van der Waals surface area contributed by atoms with Crippen molar-refractivity contribution in [2.45, 2.75) is 46.4 Å². The van der Waals surface area contributed by atoms with Crippen LogP contribution in [-0.2, 0) is 14.8 Å². The molecule has 0 bridgehead atoms. The highest BCUT2D eigenvalue weighted by atomic mass is 32.2. The highest BCUT2D eigenvalue weighted by Crippen LogP contribution is 2.26. The lowest BCUT2D eigenvalue weighted by molar-refractivity contribution is 0.0524. The Balaban J connectivity index is 2.38. The molecule has 1 aromatic heterocycles. The number of nitrogens with zero attached hydrogens (tertiary/aromatic N) is 2. The van der Waals surface area contributed by atoms with Gasteiger partial charge in [-0.3, -0.25) is 4.79 Å². The Morgan fingerprint density at radius 2 is 1.71 bits per heavy atom. The van der Waals surface area contributed by atoms with Crippen molar-refractivity contribution in [2.24, 2.45) is 0 Å². The van der Waals surface area contributed by atoms with Gasteiger partial charge >= 0.3 is 5.97 Å². The second-order valence-corrected chi connectivity index (χ2v) is 8.94. The summed E-state index contributed by atoms with van der Waals surface area (Å²) in [7, 11) is -3.68. The third-order valence-electron chi connectivity index (χ3n) is 5.05. The van der Waals surface area contributed by atoms with E-state index in [4.69, 9.17) is 4.74 Å². The first-order valence-corrected chi connectivity index (χ1v) is 11.6. The summed E-state index contributed by atoms with van der Waals surface area (Å²) in [6.07, 6.45) is 0. The maximum absolute atomic E-state index is 12.9. The molecule has 0 unspecified atom stereocenters. The van der Waals surface area contributed by atoms with Crippen LogP contribution < -0.4 is 5.32 Å². The molecule has 0 fully saturated rings. The standard InChI is InChI=1S/C22H29N3O5S/c1-7-25(8-2)31(28,29)17-12-14(4)15(5)20(13-17)24-21(26)19-11-10-18(16(6)23-19)22(27)30-9-3/h10-13H,7-9H2,1-6H3,(H,24,26). The highest BCUT2D eigenvalue weighted by molar-refractivity contribution is 7.89. The van der Waals surface area contributed by atoms with E-state index in [9.17, 15) is 18.0 Å². The van der Waals surface area contributed by atoms with Crippen LogP contribution in [0.4, 0.5) is 5.69 Å². The van der Waals surface area contributed by atoms with Gasteiger partial charge in [-0.1, -0.05) is 13.8 Å². The van der Waals surface area contributed by atoms with E-state index in [1.54, 1.807) is 47.6 Å². The molecule has 0 spiro atoms. The molecule has 1 aromatic carbocycles. The first kappa shape index (κ1) is 24.5. The van der Waals surface area contributed by atoms with Crippen LogP contribution in [-0.4, -0.2) is 49.3 Å². The first-order valence-electron chi connectivity index (χ1n) is 10.1. The number of ether oxygens (including phenoxy) is 1. The normalized spacial score (nSPS) is 11.5. The van der Waals surface area contributed by atoms with Crippen LogP contribution in [0.5, 0.6) is 0 Å². The smallest absolute Gasteiger partial charge is 0.339 e. The second kappa shape index (κ2) is 10.0. The van der Waals surface area contributed by atoms with Gasteiger partial charge in [0.05, 0.1) is 22.8 Å². The minimum absolute atomic E-state index is 0.111. The molecule has 0 aliphatic rings. The Morgan fingerprint density at radius 1 is 1.06 bits per heavy atom. The Labute approximate surface area is 183 Å². The molecule has 31 heavy (non-hydrogen) atoms. The predicted molar refractivity (Wildman–Crippen MR) is 119 cm³/mol. The lowest BCUT2D eigenvalue weighted by atomic mass is 10.1. The van der Waals surface area contributed by atoms with Gasteiger partial charge < -0.3 is 10.1 Å². The van der Waals surface area contributed by atoms with E-state index in [1.165, 1.54) is 22.5 Å². The number of esters is 1. The highest BCUT2D eigenvalue weighted by Gasteiger charge is 2.24. The number of anilines is 1. The van der Waals surface area contributed by atoms with Crippen molar-refractivity contribution < 1.29 is 22.7 Å². The van der Waals surface area contributed by atoms with Crippen molar-refractivity contribution in [3.05, 3.63) is 52.3 Å². The number of carbonyl (C=O) groups excluding carboxylic acids is 2. The van der Waals surface area contributed by atoms with Crippen LogP contribution >= 0.6 is 0 Å². The molecule has 1 heterocycles. The summed E-state index contributed by atoms with van der Waals surface area (Å²) in [6, 6.07) is 6.00. The molecule has 9 heteroatoms. The fourth-order valence-electron chi connectivity index (χ4n) is 3.12. The monoisotopic (exact) mass is 447 g/mol. The average molecular weight is 448 g/mol. The summed E-state index contributed by atoms with van der Waals surface area (Å²) >= 11 is 0. The number of hydrogen-bond acceptors (Lipinski definition) is 6. The van der Waals surface area contributed by atoms with Gasteiger partial charge in [0.2, 0.25) is 10.0 Å². The predicted octanol–water partition coefficient (Wildman–Crippen LogP) is 3.47. The maximum Gasteiger partial charge on any atom is 0.339 e. The summed E-state index contributed by atoms with van der Waals surface area (Å²) in [6.45, 7) is 11.4. The van der Waals surface area contributed by atoms with E-state index in [1.807, 2.05) is 0 Å². The van der Waals surface area contributed by atoms with Crippen molar-refractivity contribution in [1.82, 2.24) is 9.29 Å². The number of pyridine rings is 1. The minimum Gasteiger partial charge on any atom is -0.462 e. The molecule has 0 saturated carbocycles. The van der Waals surface area contributed by atoms with Crippen LogP contribution in [0.1, 0.15) is 58.4 Å². The third-order valence-corrected chi connectivity index (χ3v) is 7.07. The Hall–Kier alpha value is -2.78. The van der Waals surface area contributed by atoms with E-state index in [0.29, 0.717) is 24.5 Å². The molecule has 0 atom stereocenters. The van der Waals surface area contributed by atoms with Gasteiger partial charge in [0, 0.05) is 18.8 Å². The van der Waals surface area contributed by atoms with Crippen LogP contribution in [0.25, 0.3) is 0 Å². The zero-order chi connectivity index (χ0) is 23.3. The van der Waals surface area contributed by atoms with E-state index in [-0.39, 0.29) is 22.8 Å². The molecule has 0 aliphatic heterocycles. The molecule has 168 valence electrons. The Kier molecular flexibility index (Phi) is 7.91. The minimum atomic E-state index is -3.68. The van der Waals surface area contributed by atoms with Gasteiger partial charge in [0.15, 0.2) is 0 Å². The van der Waals surface area contributed by atoms with E-state index < -0.39 is 21.9 Å². The molecule has 8 nitrogen and oxygen atoms in total. The van der Waals surface area contributed by atoms with Crippen LogP contribution in [0.2, 0.25) is 0 Å². The van der Waals surface area contributed by atoms with E-state index in [0.717, 1.165) is 11.1 Å². The van der Waals surface area contributed by atoms with Crippen molar-refractivity contribution >= 4 is 27.6 Å². The number of carbonyl (C=O) groups is 2. The number of amides is 1. The summed E-state index contributed by atoms with van der Waals surface area (Å²) in [5.74, 6) is -1.00. The van der Waals surface area contributed by atoms with Gasteiger partial charge in [-0.25, -0.2) is 18.2 Å². The van der Waals surface area contributed by atoms with Crippen LogP contribution in [0, 0.1) is 20.8 Å². The molecular weight excluding hydrogens is 418 g/mol. The van der Waals surface area contributed by atoms with E-state index in [2.05, 4.69) is 10.3 Å². The molecule has 0 radical (unpaired) electrons. The lowest BCUT2D eigenvalue weighted by Gasteiger charge is -2.20. The number of sulfonamides is 1. The number of hydrogen-bond donors (Lipinski definition) is 1. The van der Waals surface area contributed by atoms with Gasteiger partial charge in [0.25, 0.3) is 5.91 Å². The van der Waals surface area contributed by atoms with E-state index >= 15 is 0 Å². The fourth-order valence-corrected chi connectivity index (χ4v) is 4.69. The molecule has 0 aliphatic carbocycles. The van der Waals surface area contributed by atoms with Gasteiger partial charge in [-0.05, 0) is 63.1 Å². The van der Waals surface area contributed by atoms with Crippen molar-refractivity contribution in [3.63, 3.8) is 0 Å². The zero-order valence-corrected chi connectivity index (χ0v) is 19.6. The molecule has 2 aromatic rings. The van der Waals surface area contributed by atoms with Gasteiger partial charge in [-0.15, -0.1) is 0 Å². The number of benzene rings is 1. The van der Waals surface area contributed by atoms with Gasteiger partial charge in [-0.2, -0.15) is 4.31 Å². The third kappa shape index (κ3) is 5.29. The number of aryl methyl sites for hydroxylation is 2. The Morgan fingerprint density at radius 3 is 2.26 bits per heavy atom. The number of aromatic nitrogens is 1. The lowest BCUT2D eigenvalue weighted by Crippen LogP contribution is -2.30. The SMILES string of the molecule is CCOC(=O)c1ccc(C(=O)Nc2cc(S(=O)(=O)N(CC)CC)cc(C)c2C)nc1C. The van der Waals surface area contributed by atoms with Crippen molar-refractivity contribution in [1.29, 1.82) is 0 Å². The van der Waals surface area contributed by atoms with Crippen LogP contribution in [0.15, 0.2) is 29.2 Å². The Bertz CT molecular complexity index is 1090. The maximum atomic E-state index is 12.9. The largest absolute Gasteiger partial charge is 0.462 e. The zero-order valence-electron chi connectivity index (χ0n) is 18.8. The van der Waals surface area contributed by atoms with Crippen molar-refractivity contribution in [3.8, 4) is 0 Å². The summed E-state index contributed by atoms with van der Waals surface area (Å²) < 4.78 is 32.2. The second-order valence-electron chi connectivity index (χ2n) is 7.01. The summed E-state index contributed by atoms with van der Waals surface area (Å²) in [4.78, 5) is 29.1. The molecular formula is C22H29N3O5S. The van der Waals surface area contributed by atoms with Gasteiger partial charge in [0.1, 0.15) is 5.69 Å². The molecule has 1 amide bonds. The summed E-state index contributed by atoms with van der Waals surface area (Å²) in [5.41, 5.74) is 2.66. The quantitative estimate of drug-likeness (QED) is 0.621. The molecule has 1 N–H and O–H groups in total. The fraction of sp³-hybridized carbons (Fsp3) is 0.409. The number of rotatable bonds is 8. The molecule has 2 rings (SSSR count). The first-order chi connectivity index (χ1) is 14.6. The van der Waals surface area contributed by atoms with Crippen LogP contribution in [0.3, 0.4) is 0 Å². The van der Waals surface area contributed by atoms with Crippen molar-refractivity contribution in [2.75, 3.05) is 25.0 Å². The topological polar surface area (TPSA) is 106 Å². The summed E-state index contributed by atoms with van der Waals surface area (Å²) in [5, 5.41) is 2.76. The molecule has 0 saturated heterocycles.